The Hall–Kier alpha value is -4.32. The molecule has 1 atom stereocenters. The second-order valence-corrected chi connectivity index (χ2v) is 7.57. The topological polar surface area (TPSA) is 125 Å². The fourth-order valence-corrected chi connectivity index (χ4v) is 4.00. The van der Waals surface area contributed by atoms with Gasteiger partial charge in [0.05, 0.1) is 45.1 Å². The third kappa shape index (κ3) is 3.94. The fraction of sp³-hybridized carbons (Fsp3) is 0.280. The molecule has 0 saturated heterocycles. The lowest BCUT2D eigenvalue weighted by molar-refractivity contribution is 0.317. The quantitative estimate of drug-likeness (QED) is 0.512. The minimum Gasteiger partial charge on any atom is -0.494 e. The first-order valence-electron chi connectivity index (χ1n) is 10.7. The Bertz CT molecular complexity index is 1230. The zero-order valence-electron chi connectivity index (χ0n) is 19.5. The standard InChI is InChI=1S/C25H26N4O5/c1-5-10-33-16-8-6-14(7-9-16)20-17(13-26)24(27)34-25-21(20)22(28-29-25)15-11-18(30-2)23(32-4)19(12-15)31-3/h6-9,11-12,20H,5,10,27H2,1-4H3,(H,28,29). The summed E-state index contributed by atoms with van der Waals surface area (Å²) in [5.41, 5.74) is 9.30. The smallest absolute Gasteiger partial charge is 0.244 e. The van der Waals surface area contributed by atoms with Gasteiger partial charge in [-0.05, 0) is 36.2 Å². The third-order valence-corrected chi connectivity index (χ3v) is 5.58. The molecule has 1 unspecified atom stereocenters. The highest BCUT2D eigenvalue weighted by atomic mass is 16.5. The van der Waals surface area contributed by atoms with Crippen molar-refractivity contribution in [3.63, 3.8) is 0 Å². The Morgan fingerprint density at radius 3 is 2.32 bits per heavy atom. The van der Waals surface area contributed by atoms with Gasteiger partial charge in [-0.3, -0.25) is 5.10 Å². The number of aromatic nitrogens is 2. The molecule has 0 saturated carbocycles. The lowest BCUT2D eigenvalue weighted by atomic mass is 9.83. The van der Waals surface area contributed by atoms with Gasteiger partial charge < -0.3 is 29.4 Å². The average molecular weight is 463 g/mol. The van der Waals surface area contributed by atoms with Gasteiger partial charge in [-0.25, -0.2) is 0 Å². The molecule has 3 N–H and O–H groups in total. The van der Waals surface area contributed by atoms with Crippen molar-refractivity contribution in [2.45, 2.75) is 19.3 Å². The Morgan fingerprint density at radius 2 is 1.76 bits per heavy atom. The molecule has 1 aromatic heterocycles. The molecule has 0 aliphatic carbocycles. The predicted octanol–water partition coefficient (Wildman–Crippen LogP) is 4.11. The predicted molar refractivity (Wildman–Crippen MR) is 125 cm³/mol. The molecular formula is C25H26N4O5. The number of allylic oxidation sites excluding steroid dienone is 1. The van der Waals surface area contributed by atoms with Gasteiger partial charge in [-0.2, -0.15) is 5.26 Å². The minimum atomic E-state index is -0.498. The first-order chi connectivity index (χ1) is 16.6. The van der Waals surface area contributed by atoms with E-state index in [9.17, 15) is 5.26 Å². The molecule has 0 amide bonds. The summed E-state index contributed by atoms with van der Waals surface area (Å²) in [7, 11) is 4.65. The SMILES string of the molecule is CCCOc1ccc(C2C(C#N)=C(N)Oc3n[nH]c(-c4cc(OC)c(OC)c(OC)c4)c32)cc1. The van der Waals surface area contributed by atoms with Crippen LogP contribution in [0.1, 0.15) is 30.4 Å². The van der Waals surface area contributed by atoms with E-state index >= 15 is 0 Å². The summed E-state index contributed by atoms with van der Waals surface area (Å²) in [4.78, 5) is 0. The fourth-order valence-electron chi connectivity index (χ4n) is 4.00. The molecule has 1 aliphatic heterocycles. The zero-order chi connectivity index (χ0) is 24.2. The van der Waals surface area contributed by atoms with Crippen LogP contribution in [0.15, 0.2) is 47.9 Å². The van der Waals surface area contributed by atoms with Gasteiger partial charge in [0.15, 0.2) is 11.5 Å². The second kappa shape index (κ2) is 9.67. The van der Waals surface area contributed by atoms with Gasteiger partial charge in [0.1, 0.15) is 17.4 Å². The largest absolute Gasteiger partial charge is 0.494 e. The van der Waals surface area contributed by atoms with Crippen LogP contribution in [0, 0.1) is 11.3 Å². The Balaban J connectivity index is 1.87. The van der Waals surface area contributed by atoms with E-state index in [-0.39, 0.29) is 5.88 Å². The molecule has 2 aromatic carbocycles. The number of nitrogens with one attached hydrogen (secondary N) is 1. The Kier molecular flexibility index (Phi) is 6.50. The van der Waals surface area contributed by atoms with Crippen LogP contribution < -0.4 is 29.4 Å². The normalized spacial score (nSPS) is 14.6. The summed E-state index contributed by atoms with van der Waals surface area (Å²) >= 11 is 0. The van der Waals surface area contributed by atoms with Crippen molar-refractivity contribution in [2.75, 3.05) is 27.9 Å². The van der Waals surface area contributed by atoms with Gasteiger partial charge in [-0.15, -0.1) is 5.10 Å². The van der Waals surface area contributed by atoms with Crippen molar-refractivity contribution in [1.29, 1.82) is 5.26 Å². The Labute approximate surface area is 197 Å². The summed E-state index contributed by atoms with van der Waals surface area (Å²) in [6.07, 6.45) is 0.913. The van der Waals surface area contributed by atoms with Crippen LogP contribution in [0.5, 0.6) is 28.9 Å². The first-order valence-corrected chi connectivity index (χ1v) is 10.7. The van der Waals surface area contributed by atoms with E-state index in [0.717, 1.165) is 23.3 Å². The number of rotatable bonds is 8. The monoisotopic (exact) mass is 462 g/mol. The number of nitrogens with zero attached hydrogens (tertiary/aromatic N) is 2. The van der Waals surface area contributed by atoms with Crippen LogP contribution in [0.4, 0.5) is 0 Å². The highest BCUT2D eigenvalue weighted by Crippen LogP contribution is 2.48. The summed E-state index contributed by atoms with van der Waals surface area (Å²) in [5, 5.41) is 17.3. The van der Waals surface area contributed by atoms with Gasteiger partial charge in [-0.1, -0.05) is 19.1 Å². The molecule has 34 heavy (non-hydrogen) atoms. The molecule has 0 fully saturated rings. The third-order valence-electron chi connectivity index (χ3n) is 5.58. The molecule has 0 spiro atoms. The van der Waals surface area contributed by atoms with Crippen molar-refractivity contribution >= 4 is 0 Å². The molecule has 0 bridgehead atoms. The molecule has 4 rings (SSSR count). The van der Waals surface area contributed by atoms with Crippen LogP contribution in [0.2, 0.25) is 0 Å². The number of nitriles is 1. The van der Waals surface area contributed by atoms with Crippen molar-refractivity contribution < 1.29 is 23.7 Å². The van der Waals surface area contributed by atoms with Crippen LogP contribution in [-0.4, -0.2) is 38.1 Å². The Morgan fingerprint density at radius 1 is 1.09 bits per heavy atom. The minimum absolute atomic E-state index is 0.0225. The lowest BCUT2D eigenvalue weighted by Crippen LogP contribution is -2.21. The molecule has 9 heteroatoms. The number of hydrogen-bond donors (Lipinski definition) is 2. The maximum atomic E-state index is 9.94. The maximum Gasteiger partial charge on any atom is 0.244 e. The summed E-state index contributed by atoms with van der Waals surface area (Å²) in [6, 6.07) is 13.4. The van der Waals surface area contributed by atoms with E-state index in [1.807, 2.05) is 43.3 Å². The molecule has 3 aromatic rings. The molecular weight excluding hydrogens is 436 g/mol. The molecule has 2 heterocycles. The summed E-state index contributed by atoms with van der Waals surface area (Å²) in [6.45, 7) is 2.68. The van der Waals surface area contributed by atoms with Crippen molar-refractivity contribution in [2.24, 2.45) is 5.73 Å². The first kappa shape index (κ1) is 22.9. The number of ether oxygens (including phenoxy) is 5. The lowest BCUT2D eigenvalue weighted by Gasteiger charge is -2.24. The van der Waals surface area contributed by atoms with E-state index in [1.165, 1.54) is 0 Å². The summed E-state index contributed by atoms with van der Waals surface area (Å²) < 4.78 is 27.9. The second-order valence-electron chi connectivity index (χ2n) is 7.57. The van der Waals surface area contributed by atoms with Crippen molar-refractivity contribution in [3.05, 3.63) is 59.0 Å². The molecule has 0 radical (unpaired) electrons. The molecule has 1 aliphatic rings. The number of benzene rings is 2. The zero-order valence-corrected chi connectivity index (χ0v) is 19.5. The van der Waals surface area contributed by atoms with Gasteiger partial charge in [0.2, 0.25) is 17.5 Å². The van der Waals surface area contributed by atoms with E-state index in [2.05, 4.69) is 16.3 Å². The van der Waals surface area contributed by atoms with Gasteiger partial charge in [0, 0.05) is 5.56 Å². The average Bonchev–Trinajstić information content (AvgIpc) is 3.29. The van der Waals surface area contributed by atoms with Gasteiger partial charge in [0.25, 0.3) is 0 Å². The van der Waals surface area contributed by atoms with Crippen molar-refractivity contribution in [3.8, 4) is 46.2 Å². The highest BCUT2D eigenvalue weighted by Gasteiger charge is 2.36. The van der Waals surface area contributed by atoms with Crippen LogP contribution in [-0.2, 0) is 0 Å². The van der Waals surface area contributed by atoms with E-state index < -0.39 is 5.92 Å². The summed E-state index contributed by atoms with van der Waals surface area (Å²) in [5.74, 6) is 2.03. The number of methoxy groups -OCH3 is 3. The molecule has 176 valence electrons. The highest BCUT2D eigenvalue weighted by molar-refractivity contribution is 5.75. The number of nitrogens with two attached hydrogens (primary N) is 1. The maximum absolute atomic E-state index is 9.94. The van der Waals surface area contributed by atoms with Crippen molar-refractivity contribution in [1.82, 2.24) is 10.2 Å². The molecule has 9 nitrogen and oxygen atoms in total. The van der Waals surface area contributed by atoms with E-state index in [1.54, 1.807) is 21.3 Å². The number of H-pyrrole nitrogens is 1. The van der Waals surface area contributed by atoms with Gasteiger partial charge >= 0.3 is 0 Å². The number of hydrogen-bond acceptors (Lipinski definition) is 8. The van der Waals surface area contributed by atoms with Crippen LogP contribution in [0.3, 0.4) is 0 Å². The number of aromatic amines is 1. The van der Waals surface area contributed by atoms with E-state index in [0.29, 0.717) is 46.6 Å². The van der Waals surface area contributed by atoms with E-state index in [4.69, 9.17) is 29.4 Å². The number of fused-ring (bicyclic) bond motifs is 1. The van der Waals surface area contributed by atoms with Crippen LogP contribution >= 0.6 is 0 Å². The van der Waals surface area contributed by atoms with Crippen LogP contribution in [0.25, 0.3) is 11.3 Å².